The first-order valence-corrected chi connectivity index (χ1v) is 8.98. The van der Waals surface area contributed by atoms with E-state index in [1.165, 1.54) is 0 Å². The fourth-order valence-electron chi connectivity index (χ4n) is 3.62. The molecular weight excluding hydrogens is 322 g/mol. The molecule has 0 fully saturated rings. The minimum absolute atomic E-state index is 0.115. The zero-order valence-corrected chi connectivity index (χ0v) is 14.8. The summed E-state index contributed by atoms with van der Waals surface area (Å²) in [5, 5.41) is 0. The van der Waals surface area contributed by atoms with E-state index in [0.29, 0.717) is 13.0 Å². The molecule has 130 valence electrons. The van der Waals surface area contributed by atoms with Crippen LogP contribution in [0.3, 0.4) is 0 Å². The minimum Gasteiger partial charge on any atom is -0.494 e. The van der Waals surface area contributed by atoms with Gasteiger partial charge < -0.3 is 4.74 Å². The first-order chi connectivity index (χ1) is 12.8. The van der Waals surface area contributed by atoms with Crippen molar-refractivity contribution in [2.24, 2.45) is 0 Å². The highest BCUT2D eigenvalue weighted by atomic mass is 16.5. The molecule has 4 rings (SSSR count). The van der Waals surface area contributed by atoms with Gasteiger partial charge in [0.05, 0.1) is 18.2 Å². The van der Waals surface area contributed by atoms with Crippen LogP contribution in [-0.4, -0.2) is 12.5 Å². The summed E-state index contributed by atoms with van der Waals surface area (Å²) in [6, 6.07) is 25.9. The van der Waals surface area contributed by atoms with Crippen LogP contribution in [0.2, 0.25) is 0 Å². The molecule has 3 nitrogen and oxygen atoms in total. The van der Waals surface area contributed by atoms with E-state index >= 15 is 0 Å². The predicted molar refractivity (Wildman–Crippen MR) is 104 cm³/mol. The number of fused-ring (bicyclic) bond motifs is 1. The highest BCUT2D eigenvalue weighted by Crippen LogP contribution is 2.43. The molecule has 26 heavy (non-hydrogen) atoms. The van der Waals surface area contributed by atoms with Gasteiger partial charge in [0.25, 0.3) is 0 Å². The molecule has 3 aromatic rings. The topological polar surface area (TPSA) is 29.5 Å². The highest BCUT2D eigenvalue weighted by Gasteiger charge is 2.38. The summed E-state index contributed by atoms with van der Waals surface area (Å²) >= 11 is 0. The average Bonchev–Trinajstić information content (AvgIpc) is 2.96. The molecule has 1 aliphatic heterocycles. The van der Waals surface area contributed by atoms with E-state index in [2.05, 4.69) is 6.07 Å². The summed E-state index contributed by atoms with van der Waals surface area (Å²) in [5.74, 6) is 0.773. The Hall–Kier alpha value is -3.07. The van der Waals surface area contributed by atoms with Crippen LogP contribution in [0.1, 0.15) is 24.0 Å². The molecule has 0 saturated heterocycles. The molecule has 0 saturated carbocycles. The Kier molecular flexibility index (Phi) is 4.44. The molecule has 3 aromatic carbocycles. The number of para-hydroxylation sites is 3. The summed E-state index contributed by atoms with van der Waals surface area (Å²) in [7, 11) is 0. The second kappa shape index (κ2) is 7.04. The lowest BCUT2D eigenvalue weighted by atomic mass is 9.93. The molecule has 0 N–H and O–H groups in total. The molecule has 0 radical (unpaired) electrons. The molecule has 1 amide bonds. The Bertz CT molecular complexity index is 920. The van der Waals surface area contributed by atoms with Crippen LogP contribution in [0.25, 0.3) is 0 Å². The van der Waals surface area contributed by atoms with Gasteiger partial charge in [-0.1, -0.05) is 54.6 Å². The van der Waals surface area contributed by atoms with Crippen molar-refractivity contribution in [3.8, 4) is 5.75 Å². The lowest BCUT2D eigenvalue weighted by Gasteiger charge is -2.18. The smallest absolute Gasteiger partial charge is 0.239 e. The first kappa shape index (κ1) is 16.4. The van der Waals surface area contributed by atoms with E-state index in [9.17, 15) is 4.79 Å². The van der Waals surface area contributed by atoms with E-state index in [1.807, 2.05) is 84.6 Å². The number of nitrogens with zero attached hydrogens (tertiary/aromatic N) is 1. The largest absolute Gasteiger partial charge is 0.494 e. The summed E-state index contributed by atoms with van der Waals surface area (Å²) in [6.45, 7) is 2.59. The fraction of sp³-hybridized carbons (Fsp3) is 0.174. The molecule has 0 bridgehead atoms. The lowest BCUT2D eigenvalue weighted by Crippen LogP contribution is -2.24. The summed E-state index contributed by atoms with van der Waals surface area (Å²) in [5.41, 5.74) is 4.03. The number of ether oxygens (including phenoxy) is 1. The number of carbonyl (C=O) groups is 1. The van der Waals surface area contributed by atoms with Gasteiger partial charge in [-0.25, -0.2) is 0 Å². The Morgan fingerprint density at radius 2 is 1.58 bits per heavy atom. The maximum absolute atomic E-state index is 13.3. The Labute approximate surface area is 153 Å². The van der Waals surface area contributed by atoms with Crippen LogP contribution >= 0.6 is 0 Å². The van der Waals surface area contributed by atoms with Gasteiger partial charge in [-0.3, -0.25) is 9.69 Å². The number of rotatable bonds is 5. The van der Waals surface area contributed by atoms with Crippen LogP contribution in [0.4, 0.5) is 11.4 Å². The Morgan fingerprint density at radius 1 is 0.885 bits per heavy atom. The monoisotopic (exact) mass is 343 g/mol. The normalized spacial score (nSPS) is 15.8. The summed E-state index contributed by atoms with van der Waals surface area (Å²) in [6.07, 6.45) is 0.634. The molecular formula is C23H21NO2. The van der Waals surface area contributed by atoms with Crippen LogP contribution in [0.5, 0.6) is 5.75 Å². The van der Waals surface area contributed by atoms with Crippen LogP contribution in [0.15, 0.2) is 78.9 Å². The van der Waals surface area contributed by atoms with E-state index in [1.54, 1.807) is 0 Å². The fourth-order valence-corrected chi connectivity index (χ4v) is 3.62. The summed E-state index contributed by atoms with van der Waals surface area (Å²) < 4.78 is 5.76. The van der Waals surface area contributed by atoms with Gasteiger partial charge in [-0.15, -0.1) is 0 Å². The van der Waals surface area contributed by atoms with E-state index in [0.717, 1.165) is 28.3 Å². The second-order valence-electron chi connectivity index (χ2n) is 6.37. The molecule has 0 aromatic heterocycles. The van der Waals surface area contributed by atoms with E-state index in [-0.39, 0.29) is 11.8 Å². The number of hydrogen-bond donors (Lipinski definition) is 0. The zero-order chi connectivity index (χ0) is 17.9. The van der Waals surface area contributed by atoms with Gasteiger partial charge in [0.1, 0.15) is 5.75 Å². The van der Waals surface area contributed by atoms with Gasteiger partial charge in [0.2, 0.25) is 5.91 Å². The quantitative estimate of drug-likeness (QED) is 0.646. The third kappa shape index (κ3) is 2.86. The standard InChI is InChI=1S/C23H21NO2/c1-2-26-22-15-9-6-10-17(22)16-20-19-13-7-8-14-21(19)24(23(20)25)18-11-4-3-5-12-18/h3-15,20H,2,16H2,1H3/t20-/m1/s1. The Morgan fingerprint density at radius 3 is 2.38 bits per heavy atom. The number of amides is 1. The van der Waals surface area contributed by atoms with Crippen LogP contribution < -0.4 is 9.64 Å². The van der Waals surface area contributed by atoms with Gasteiger partial charge in [0, 0.05) is 5.69 Å². The third-order valence-electron chi connectivity index (χ3n) is 4.78. The van der Waals surface area contributed by atoms with Crippen molar-refractivity contribution in [1.82, 2.24) is 0 Å². The van der Waals surface area contributed by atoms with Crippen molar-refractivity contribution < 1.29 is 9.53 Å². The van der Waals surface area contributed by atoms with Gasteiger partial charge >= 0.3 is 0 Å². The third-order valence-corrected chi connectivity index (χ3v) is 4.78. The van der Waals surface area contributed by atoms with Crippen LogP contribution in [0, 0.1) is 0 Å². The maximum Gasteiger partial charge on any atom is 0.239 e. The highest BCUT2D eigenvalue weighted by molar-refractivity contribution is 6.10. The van der Waals surface area contributed by atoms with Gasteiger partial charge in [-0.05, 0) is 48.7 Å². The van der Waals surface area contributed by atoms with Crippen molar-refractivity contribution in [1.29, 1.82) is 0 Å². The number of anilines is 2. The molecule has 0 aliphatic carbocycles. The van der Waals surface area contributed by atoms with Gasteiger partial charge in [-0.2, -0.15) is 0 Å². The SMILES string of the molecule is CCOc1ccccc1C[C@H]1C(=O)N(c2ccccc2)c2ccccc21. The minimum atomic E-state index is -0.201. The predicted octanol–water partition coefficient (Wildman–Crippen LogP) is 5.09. The maximum atomic E-state index is 13.3. The van der Waals surface area contributed by atoms with Crippen molar-refractivity contribution in [3.05, 3.63) is 90.0 Å². The van der Waals surface area contributed by atoms with E-state index < -0.39 is 0 Å². The van der Waals surface area contributed by atoms with Crippen molar-refractivity contribution in [2.75, 3.05) is 11.5 Å². The molecule has 3 heteroatoms. The van der Waals surface area contributed by atoms with E-state index in [4.69, 9.17) is 4.74 Å². The molecule has 1 heterocycles. The Balaban J connectivity index is 1.73. The van der Waals surface area contributed by atoms with Crippen molar-refractivity contribution in [2.45, 2.75) is 19.3 Å². The van der Waals surface area contributed by atoms with Crippen molar-refractivity contribution >= 4 is 17.3 Å². The summed E-state index contributed by atoms with van der Waals surface area (Å²) in [4.78, 5) is 15.2. The number of carbonyl (C=O) groups excluding carboxylic acids is 1. The number of hydrogen-bond acceptors (Lipinski definition) is 2. The lowest BCUT2D eigenvalue weighted by molar-refractivity contribution is -0.118. The van der Waals surface area contributed by atoms with Crippen molar-refractivity contribution in [3.63, 3.8) is 0 Å². The number of benzene rings is 3. The van der Waals surface area contributed by atoms with Gasteiger partial charge in [0.15, 0.2) is 0 Å². The molecule has 1 atom stereocenters. The first-order valence-electron chi connectivity index (χ1n) is 8.98. The molecule has 1 aliphatic rings. The molecule has 0 unspecified atom stereocenters. The zero-order valence-electron chi connectivity index (χ0n) is 14.8. The second-order valence-corrected chi connectivity index (χ2v) is 6.37. The average molecular weight is 343 g/mol. The molecule has 0 spiro atoms. The van der Waals surface area contributed by atoms with Crippen LogP contribution in [-0.2, 0) is 11.2 Å².